The quantitative estimate of drug-likeness (QED) is 0.806. The molecule has 0 radical (unpaired) electrons. The maximum atomic E-state index is 12.5. The number of amides is 1. The normalized spacial score (nSPS) is 13.3. The van der Waals surface area contributed by atoms with Gasteiger partial charge in [-0.3, -0.25) is 9.48 Å². The molecule has 0 saturated carbocycles. The fourth-order valence-corrected chi connectivity index (χ4v) is 2.88. The van der Waals surface area contributed by atoms with Gasteiger partial charge in [-0.2, -0.15) is 5.10 Å². The smallest absolute Gasteiger partial charge is 0.326 e. The molecule has 0 bridgehead atoms. The van der Waals surface area contributed by atoms with Gasteiger partial charge in [-0.1, -0.05) is 37.3 Å². The molecule has 2 aromatic rings. The lowest BCUT2D eigenvalue weighted by Crippen LogP contribution is -2.44. The van der Waals surface area contributed by atoms with Gasteiger partial charge in [0.1, 0.15) is 6.04 Å². The van der Waals surface area contributed by atoms with Crippen molar-refractivity contribution in [1.29, 1.82) is 0 Å². The van der Waals surface area contributed by atoms with Crippen molar-refractivity contribution >= 4 is 11.9 Å². The number of carbonyl (C=O) groups excluding carboxylic acids is 1. The zero-order valence-electron chi connectivity index (χ0n) is 15.1. The van der Waals surface area contributed by atoms with Crippen molar-refractivity contribution in [2.24, 2.45) is 13.0 Å². The van der Waals surface area contributed by atoms with E-state index in [4.69, 9.17) is 0 Å². The number of rotatable bonds is 7. The maximum Gasteiger partial charge on any atom is 0.326 e. The Kier molecular flexibility index (Phi) is 5.96. The largest absolute Gasteiger partial charge is 0.480 e. The van der Waals surface area contributed by atoms with Crippen LogP contribution < -0.4 is 5.32 Å². The molecule has 0 aliphatic heterocycles. The Morgan fingerprint density at radius 1 is 1.20 bits per heavy atom. The molecular weight excluding hydrogens is 318 g/mol. The first kappa shape index (κ1) is 18.7. The molecule has 1 amide bonds. The highest BCUT2D eigenvalue weighted by molar-refractivity contribution is 5.85. The second kappa shape index (κ2) is 7.96. The molecule has 25 heavy (non-hydrogen) atoms. The van der Waals surface area contributed by atoms with Crippen molar-refractivity contribution in [3.05, 3.63) is 52.8 Å². The summed E-state index contributed by atoms with van der Waals surface area (Å²) in [5.41, 5.74) is 3.84. The second-order valence-corrected chi connectivity index (χ2v) is 6.47. The number of hydrogen-bond acceptors (Lipinski definition) is 3. The molecule has 2 rings (SSSR count). The van der Waals surface area contributed by atoms with Crippen LogP contribution >= 0.6 is 0 Å². The van der Waals surface area contributed by atoms with Crippen LogP contribution in [0.1, 0.15) is 29.4 Å². The van der Waals surface area contributed by atoms with Crippen molar-refractivity contribution in [2.75, 3.05) is 0 Å². The Morgan fingerprint density at radius 2 is 1.84 bits per heavy atom. The van der Waals surface area contributed by atoms with Crippen molar-refractivity contribution < 1.29 is 14.7 Å². The van der Waals surface area contributed by atoms with Gasteiger partial charge in [-0.15, -0.1) is 0 Å². The van der Waals surface area contributed by atoms with Crippen molar-refractivity contribution in [3.63, 3.8) is 0 Å². The number of nitrogens with one attached hydrogen (secondary N) is 1. The third kappa shape index (κ3) is 4.68. The summed E-state index contributed by atoms with van der Waals surface area (Å²) in [6, 6.07) is 8.35. The van der Waals surface area contributed by atoms with Crippen LogP contribution in [-0.4, -0.2) is 32.8 Å². The van der Waals surface area contributed by atoms with Gasteiger partial charge in [0.15, 0.2) is 0 Å². The minimum atomic E-state index is -1.03. The molecule has 134 valence electrons. The van der Waals surface area contributed by atoms with E-state index in [0.29, 0.717) is 6.42 Å². The third-order valence-corrected chi connectivity index (χ3v) is 4.51. The molecule has 1 aromatic heterocycles. The number of carbonyl (C=O) groups is 2. The fourth-order valence-electron chi connectivity index (χ4n) is 2.88. The Bertz CT molecular complexity index is 753. The lowest BCUT2D eigenvalue weighted by atomic mass is 9.98. The van der Waals surface area contributed by atoms with E-state index in [1.165, 1.54) is 0 Å². The van der Waals surface area contributed by atoms with Gasteiger partial charge in [-0.05, 0) is 31.4 Å². The number of nitrogens with zero attached hydrogens (tertiary/aromatic N) is 2. The van der Waals surface area contributed by atoms with Gasteiger partial charge in [-0.25, -0.2) is 4.79 Å². The highest BCUT2D eigenvalue weighted by Crippen LogP contribution is 2.17. The van der Waals surface area contributed by atoms with Crippen molar-refractivity contribution in [2.45, 2.75) is 39.7 Å². The average molecular weight is 343 g/mol. The first-order valence-electron chi connectivity index (χ1n) is 8.35. The number of aryl methyl sites for hydroxylation is 2. The van der Waals surface area contributed by atoms with Gasteiger partial charge in [0.2, 0.25) is 5.91 Å². The molecule has 6 nitrogen and oxygen atoms in total. The number of hydrogen-bond donors (Lipinski definition) is 2. The summed E-state index contributed by atoms with van der Waals surface area (Å²) >= 11 is 0. The minimum absolute atomic E-state index is 0.258. The standard InChI is InChI=1S/C19H25N3O3/c1-12(10-16-13(2)21-22(4)14(16)3)18(23)20-17(19(24)25)11-15-8-6-5-7-9-15/h5-9,12,17H,10-11H2,1-4H3,(H,20,23)(H,24,25)/t12?,17-/m0/s1. The summed E-state index contributed by atoms with van der Waals surface area (Å²) in [5, 5.41) is 16.4. The molecule has 0 fully saturated rings. The van der Waals surface area contributed by atoms with Crippen LogP contribution in [0.3, 0.4) is 0 Å². The second-order valence-electron chi connectivity index (χ2n) is 6.47. The Hall–Kier alpha value is -2.63. The van der Waals surface area contributed by atoms with Gasteiger partial charge in [0, 0.05) is 25.1 Å². The summed E-state index contributed by atoms with van der Waals surface area (Å²) in [5.74, 6) is -1.62. The number of benzene rings is 1. The molecule has 1 heterocycles. The van der Waals surface area contributed by atoms with Crippen LogP contribution in [0.4, 0.5) is 0 Å². The van der Waals surface area contributed by atoms with Gasteiger partial charge in [0.25, 0.3) is 0 Å². The monoisotopic (exact) mass is 343 g/mol. The SMILES string of the molecule is Cc1nn(C)c(C)c1CC(C)C(=O)N[C@@H](Cc1ccccc1)C(=O)O. The number of aliphatic carboxylic acids is 1. The van der Waals surface area contributed by atoms with E-state index in [9.17, 15) is 14.7 Å². The van der Waals surface area contributed by atoms with E-state index >= 15 is 0 Å². The highest BCUT2D eigenvalue weighted by atomic mass is 16.4. The van der Waals surface area contributed by atoms with Crippen LogP contribution in [0.2, 0.25) is 0 Å². The zero-order valence-corrected chi connectivity index (χ0v) is 15.1. The Balaban J connectivity index is 2.03. The van der Waals surface area contributed by atoms with E-state index < -0.39 is 12.0 Å². The first-order chi connectivity index (χ1) is 11.8. The van der Waals surface area contributed by atoms with Gasteiger partial charge < -0.3 is 10.4 Å². The van der Waals surface area contributed by atoms with E-state index in [1.807, 2.05) is 58.2 Å². The van der Waals surface area contributed by atoms with Gasteiger partial charge >= 0.3 is 5.97 Å². The van der Waals surface area contributed by atoms with E-state index in [0.717, 1.165) is 22.5 Å². The van der Waals surface area contributed by atoms with Crippen molar-refractivity contribution in [1.82, 2.24) is 15.1 Å². The van der Waals surface area contributed by atoms with Crippen LogP contribution in [0, 0.1) is 19.8 Å². The summed E-state index contributed by atoms with van der Waals surface area (Å²) in [7, 11) is 1.87. The highest BCUT2D eigenvalue weighted by Gasteiger charge is 2.24. The number of carboxylic acids is 1. The Morgan fingerprint density at radius 3 is 2.36 bits per heavy atom. The molecule has 1 aromatic carbocycles. The summed E-state index contributed by atoms with van der Waals surface area (Å²) in [4.78, 5) is 24.0. The lowest BCUT2D eigenvalue weighted by Gasteiger charge is -2.18. The molecule has 0 spiro atoms. The molecule has 1 unspecified atom stereocenters. The van der Waals surface area contributed by atoms with E-state index in [2.05, 4.69) is 10.4 Å². The predicted octanol–water partition coefficient (Wildman–Crippen LogP) is 2.03. The number of aromatic nitrogens is 2. The summed E-state index contributed by atoms with van der Waals surface area (Å²) in [6.07, 6.45) is 0.800. The molecule has 2 N–H and O–H groups in total. The molecule has 2 atom stereocenters. The third-order valence-electron chi connectivity index (χ3n) is 4.51. The lowest BCUT2D eigenvalue weighted by molar-refractivity contribution is -0.142. The molecular formula is C19H25N3O3. The zero-order chi connectivity index (χ0) is 18.6. The maximum absolute atomic E-state index is 12.5. The Labute approximate surface area is 147 Å². The number of carboxylic acid groups (broad SMARTS) is 1. The molecule has 0 saturated heterocycles. The van der Waals surface area contributed by atoms with Crippen LogP contribution in [0.25, 0.3) is 0 Å². The molecule has 0 aliphatic carbocycles. The van der Waals surface area contributed by atoms with Crippen LogP contribution in [0.5, 0.6) is 0 Å². The predicted molar refractivity (Wildman–Crippen MR) is 95.3 cm³/mol. The fraction of sp³-hybridized carbons (Fsp3) is 0.421. The van der Waals surface area contributed by atoms with E-state index in [1.54, 1.807) is 4.68 Å². The molecule has 6 heteroatoms. The summed E-state index contributed by atoms with van der Waals surface area (Å²) in [6.45, 7) is 5.69. The van der Waals surface area contributed by atoms with Crippen LogP contribution in [0.15, 0.2) is 30.3 Å². The average Bonchev–Trinajstić information content (AvgIpc) is 2.81. The van der Waals surface area contributed by atoms with Gasteiger partial charge in [0.05, 0.1) is 5.69 Å². The van der Waals surface area contributed by atoms with E-state index in [-0.39, 0.29) is 18.2 Å². The topological polar surface area (TPSA) is 84.2 Å². The summed E-state index contributed by atoms with van der Waals surface area (Å²) < 4.78 is 1.80. The van der Waals surface area contributed by atoms with Crippen molar-refractivity contribution in [3.8, 4) is 0 Å². The first-order valence-corrected chi connectivity index (χ1v) is 8.35. The van der Waals surface area contributed by atoms with Crippen LogP contribution in [-0.2, 0) is 29.5 Å². The molecule has 0 aliphatic rings. The minimum Gasteiger partial charge on any atom is -0.480 e.